The Morgan fingerprint density at radius 3 is 2.64 bits per heavy atom. The van der Waals surface area contributed by atoms with E-state index in [4.69, 9.17) is 0 Å². The van der Waals surface area contributed by atoms with Crippen molar-refractivity contribution in [3.8, 4) is 0 Å². The van der Waals surface area contributed by atoms with E-state index in [-0.39, 0.29) is 28.3 Å². The normalized spacial score (nSPS) is 20.9. The molecule has 1 saturated heterocycles. The minimum absolute atomic E-state index is 0.0634. The molecule has 0 spiro atoms. The van der Waals surface area contributed by atoms with Gasteiger partial charge in [-0.1, -0.05) is 0 Å². The van der Waals surface area contributed by atoms with Crippen molar-refractivity contribution < 1.29 is 21.6 Å². The smallest absolute Gasteiger partial charge is 0.250 e. The molecule has 0 bridgehead atoms. The van der Waals surface area contributed by atoms with E-state index in [2.05, 4.69) is 4.72 Å². The number of hydrogen-bond acceptors (Lipinski definition) is 6. The van der Waals surface area contributed by atoms with Crippen LogP contribution >= 0.6 is 11.3 Å². The van der Waals surface area contributed by atoms with Crippen molar-refractivity contribution in [2.24, 2.45) is 0 Å². The lowest BCUT2D eigenvalue weighted by molar-refractivity contribution is -0.130. The molecule has 1 aliphatic rings. The Labute approximate surface area is 134 Å². The van der Waals surface area contributed by atoms with Gasteiger partial charge in [0.25, 0.3) is 10.0 Å². The Morgan fingerprint density at radius 2 is 2.14 bits per heavy atom. The SMILES string of the molecule is Cc1ccc(S(=O)(=O)NCC(=O)N(C)C2CCS(=O)(=O)C2)s1. The Balaban J connectivity index is 1.95. The third kappa shape index (κ3) is 4.06. The van der Waals surface area contributed by atoms with Gasteiger partial charge < -0.3 is 4.90 Å². The molecule has 7 nitrogen and oxygen atoms in total. The van der Waals surface area contributed by atoms with Gasteiger partial charge >= 0.3 is 0 Å². The maximum absolute atomic E-state index is 12.0. The molecule has 2 heterocycles. The van der Waals surface area contributed by atoms with Crippen LogP contribution in [0, 0.1) is 6.92 Å². The minimum atomic E-state index is -3.71. The van der Waals surface area contributed by atoms with E-state index in [1.807, 2.05) is 0 Å². The largest absolute Gasteiger partial charge is 0.341 e. The summed E-state index contributed by atoms with van der Waals surface area (Å²) in [7, 11) is -5.30. The minimum Gasteiger partial charge on any atom is -0.341 e. The zero-order valence-electron chi connectivity index (χ0n) is 12.3. The molecule has 0 saturated carbocycles. The molecular weight excluding hydrogens is 348 g/mol. The summed E-state index contributed by atoms with van der Waals surface area (Å²) in [4.78, 5) is 14.2. The summed E-state index contributed by atoms with van der Waals surface area (Å²) in [6.45, 7) is 1.41. The number of sulfonamides is 1. The number of sulfone groups is 1. The van der Waals surface area contributed by atoms with E-state index in [0.29, 0.717) is 6.42 Å². The fourth-order valence-electron chi connectivity index (χ4n) is 2.19. The second kappa shape index (κ2) is 6.26. The van der Waals surface area contributed by atoms with Gasteiger partial charge in [-0.05, 0) is 25.5 Å². The summed E-state index contributed by atoms with van der Waals surface area (Å²) in [6, 6.07) is 2.79. The molecule has 1 aromatic rings. The quantitative estimate of drug-likeness (QED) is 0.789. The monoisotopic (exact) mass is 366 g/mol. The van der Waals surface area contributed by atoms with Gasteiger partial charge in [0.2, 0.25) is 5.91 Å². The lowest BCUT2D eigenvalue weighted by Crippen LogP contribution is -2.43. The van der Waals surface area contributed by atoms with Gasteiger partial charge in [0, 0.05) is 18.0 Å². The molecule has 1 aliphatic heterocycles. The topological polar surface area (TPSA) is 101 Å². The molecule has 2 rings (SSSR count). The van der Waals surface area contributed by atoms with Crippen molar-refractivity contribution in [1.82, 2.24) is 9.62 Å². The fourth-order valence-corrected chi connectivity index (χ4v) is 6.27. The van der Waals surface area contributed by atoms with Crippen LogP contribution < -0.4 is 4.72 Å². The number of amides is 1. The van der Waals surface area contributed by atoms with Crippen LogP contribution in [0.2, 0.25) is 0 Å². The Morgan fingerprint density at radius 1 is 1.45 bits per heavy atom. The zero-order valence-corrected chi connectivity index (χ0v) is 14.7. The number of likely N-dealkylation sites (N-methyl/N-ethyl adjacent to an activating group) is 1. The van der Waals surface area contributed by atoms with Crippen LogP contribution in [-0.2, 0) is 24.7 Å². The van der Waals surface area contributed by atoms with Crippen LogP contribution in [0.5, 0.6) is 0 Å². The maximum Gasteiger partial charge on any atom is 0.250 e. The first kappa shape index (κ1) is 17.4. The lowest BCUT2D eigenvalue weighted by Gasteiger charge is -2.23. The summed E-state index contributed by atoms with van der Waals surface area (Å²) >= 11 is 1.13. The Kier molecular flexibility index (Phi) is 4.95. The van der Waals surface area contributed by atoms with E-state index < -0.39 is 25.8 Å². The van der Waals surface area contributed by atoms with E-state index in [1.165, 1.54) is 18.0 Å². The van der Waals surface area contributed by atoms with Crippen LogP contribution in [0.15, 0.2) is 16.3 Å². The van der Waals surface area contributed by atoms with Crippen LogP contribution in [0.25, 0.3) is 0 Å². The van der Waals surface area contributed by atoms with Gasteiger partial charge in [-0.2, -0.15) is 0 Å². The molecule has 124 valence electrons. The molecule has 22 heavy (non-hydrogen) atoms. The number of aryl methyl sites for hydroxylation is 1. The third-order valence-corrected chi connectivity index (χ3v) is 8.19. The van der Waals surface area contributed by atoms with Crippen molar-refractivity contribution in [3.63, 3.8) is 0 Å². The number of nitrogens with one attached hydrogen (secondary N) is 1. The van der Waals surface area contributed by atoms with E-state index in [9.17, 15) is 21.6 Å². The Bertz CT molecular complexity index is 766. The van der Waals surface area contributed by atoms with Gasteiger partial charge in [-0.3, -0.25) is 4.79 Å². The van der Waals surface area contributed by atoms with Gasteiger partial charge in [-0.15, -0.1) is 11.3 Å². The van der Waals surface area contributed by atoms with E-state index in [0.717, 1.165) is 16.2 Å². The predicted octanol–water partition coefficient (Wildman–Crippen LogP) is -0.0197. The first-order chi connectivity index (χ1) is 10.1. The summed E-state index contributed by atoms with van der Waals surface area (Å²) in [6.07, 6.45) is 0.390. The molecule has 0 aliphatic carbocycles. The zero-order chi connectivity index (χ0) is 16.5. The molecule has 1 aromatic heterocycles. The standard InChI is InChI=1S/C12H18N2O5S3/c1-9-3-4-12(20-9)22(18,19)13-7-11(15)14(2)10-5-6-21(16,17)8-10/h3-4,10,13H,5-8H2,1-2H3. The van der Waals surface area contributed by atoms with Gasteiger partial charge in [0.15, 0.2) is 9.84 Å². The Hall–Kier alpha value is -0.970. The van der Waals surface area contributed by atoms with Crippen LogP contribution in [-0.4, -0.2) is 58.8 Å². The number of rotatable bonds is 5. The van der Waals surface area contributed by atoms with Crippen molar-refractivity contribution in [2.45, 2.75) is 23.6 Å². The lowest BCUT2D eigenvalue weighted by atomic mass is 10.2. The number of hydrogen-bond donors (Lipinski definition) is 1. The highest BCUT2D eigenvalue weighted by Crippen LogP contribution is 2.20. The first-order valence-electron chi connectivity index (χ1n) is 6.63. The van der Waals surface area contributed by atoms with Gasteiger partial charge in [0.1, 0.15) is 4.21 Å². The van der Waals surface area contributed by atoms with Crippen molar-refractivity contribution in [1.29, 1.82) is 0 Å². The number of carbonyl (C=O) groups is 1. The third-order valence-electron chi connectivity index (χ3n) is 3.54. The average Bonchev–Trinajstić information content (AvgIpc) is 3.01. The van der Waals surface area contributed by atoms with Crippen molar-refractivity contribution >= 4 is 37.1 Å². The highest BCUT2D eigenvalue weighted by atomic mass is 32.2. The molecule has 1 N–H and O–H groups in total. The maximum atomic E-state index is 12.0. The molecule has 1 unspecified atom stereocenters. The number of thiophene rings is 1. The molecule has 1 amide bonds. The number of nitrogens with zero attached hydrogens (tertiary/aromatic N) is 1. The molecular formula is C12H18N2O5S3. The summed E-state index contributed by atoms with van der Waals surface area (Å²) in [5.41, 5.74) is 0. The van der Waals surface area contributed by atoms with Crippen molar-refractivity contribution in [2.75, 3.05) is 25.1 Å². The molecule has 1 fully saturated rings. The van der Waals surface area contributed by atoms with E-state index in [1.54, 1.807) is 13.0 Å². The van der Waals surface area contributed by atoms with E-state index >= 15 is 0 Å². The second-order valence-electron chi connectivity index (χ2n) is 5.25. The van der Waals surface area contributed by atoms with Crippen LogP contribution in [0.4, 0.5) is 0 Å². The molecule has 0 radical (unpaired) electrons. The van der Waals surface area contributed by atoms with Gasteiger partial charge in [0.05, 0.1) is 18.1 Å². The summed E-state index contributed by atoms with van der Waals surface area (Å²) in [5.74, 6) is -0.444. The second-order valence-corrected chi connectivity index (χ2v) is 10.8. The van der Waals surface area contributed by atoms with Crippen LogP contribution in [0.3, 0.4) is 0 Å². The highest BCUT2D eigenvalue weighted by Gasteiger charge is 2.33. The van der Waals surface area contributed by atoms with Gasteiger partial charge in [-0.25, -0.2) is 21.6 Å². The first-order valence-corrected chi connectivity index (χ1v) is 10.7. The molecule has 1 atom stereocenters. The molecule has 10 heteroatoms. The average molecular weight is 366 g/mol. The highest BCUT2D eigenvalue weighted by molar-refractivity contribution is 7.92. The molecule has 0 aromatic carbocycles. The van der Waals surface area contributed by atoms with Crippen molar-refractivity contribution in [3.05, 3.63) is 17.0 Å². The predicted molar refractivity (Wildman–Crippen MR) is 84.1 cm³/mol. The summed E-state index contributed by atoms with van der Waals surface area (Å²) < 4.78 is 49.3. The van der Waals surface area contributed by atoms with Crippen LogP contribution in [0.1, 0.15) is 11.3 Å². The fraction of sp³-hybridized carbons (Fsp3) is 0.583. The summed E-state index contributed by atoms with van der Waals surface area (Å²) in [5, 5.41) is 0. The number of carbonyl (C=O) groups excluding carboxylic acids is 1.